The van der Waals surface area contributed by atoms with E-state index in [-0.39, 0.29) is 41.3 Å². The first-order valence-electron chi connectivity index (χ1n) is 9.15. The van der Waals surface area contributed by atoms with Crippen molar-refractivity contribution in [1.82, 2.24) is 15.2 Å². The van der Waals surface area contributed by atoms with Gasteiger partial charge >= 0.3 is 0 Å². The minimum Gasteiger partial charge on any atom is -0.354 e. The van der Waals surface area contributed by atoms with E-state index in [0.29, 0.717) is 25.5 Å². The molecule has 0 saturated heterocycles. The molecule has 0 aliphatic rings. The lowest BCUT2D eigenvalue weighted by Crippen LogP contribution is -2.42. The van der Waals surface area contributed by atoms with Gasteiger partial charge in [-0.25, -0.2) is 8.42 Å². The molecule has 0 radical (unpaired) electrons. The average Bonchev–Trinajstić information content (AvgIpc) is 2.66. The summed E-state index contributed by atoms with van der Waals surface area (Å²) in [6, 6.07) is 13.1. The standard InChI is InChI=1S/C20H28N4O3S.HI/c1-16(11-13-28(3,26)27)23-20(21-2)22-14-17-7-9-18(10-8-17)15-24-12-5-4-6-19(24)25;/h4-10,12,16H,11,13-15H2,1-3H3,(H2,21,22,23);1H. The van der Waals surface area contributed by atoms with Crippen molar-refractivity contribution in [2.24, 2.45) is 4.99 Å². The van der Waals surface area contributed by atoms with Gasteiger partial charge in [0, 0.05) is 38.2 Å². The van der Waals surface area contributed by atoms with E-state index in [1.54, 1.807) is 29.9 Å². The van der Waals surface area contributed by atoms with Gasteiger partial charge in [0.15, 0.2) is 5.96 Å². The Bertz CT molecular complexity index is 956. The van der Waals surface area contributed by atoms with Crippen LogP contribution in [0.3, 0.4) is 0 Å². The number of guanidine groups is 1. The number of sulfone groups is 1. The van der Waals surface area contributed by atoms with Crippen molar-refractivity contribution in [2.75, 3.05) is 19.1 Å². The van der Waals surface area contributed by atoms with Crippen LogP contribution in [-0.2, 0) is 22.9 Å². The van der Waals surface area contributed by atoms with Crippen LogP contribution in [0.2, 0.25) is 0 Å². The van der Waals surface area contributed by atoms with Crippen LogP contribution in [0, 0.1) is 0 Å². The lowest BCUT2D eigenvalue weighted by Gasteiger charge is -2.17. The second-order valence-electron chi connectivity index (χ2n) is 6.87. The Labute approximate surface area is 189 Å². The van der Waals surface area contributed by atoms with E-state index in [2.05, 4.69) is 15.6 Å². The number of pyridine rings is 1. The number of hydrogen-bond donors (Lipinski definition) is 2. The van der Waals surface area contributed by atoms with Crippen LogP contribution in [-0.4, -0.2) is 44.0 Å². The molecule has 0 aliphatic heterocycles. The normalized spacial score (nSPS) is 12.7. The highest BCUT2D eigenvalue weighted by Gasteiger charge is 2.09. The smallest absolute Gasteiger partial charge is 0.250 e. The Balaban J connectivity index is 0.00000420. The van der Waals surface area contributed by atoms with Crippen molar-refractivity contribution < 1.29 is 8.42 Å². The number of nitrogens with zero attached hydrogens (tertiary/aromatic N) is 2. The van der Waals surface area contributed by atoms with Gasteiger partial charge in [0.25, 0.3) is 5.56 Å². The van der Waals surface area contributed by atoms with Crippen LogP contribution < -0.4 is 16.2 Å². The number of hydrogen-bond acceptors (Lipinski definition) is 4. The quantitative estimate of drug-likeness (QED) is 0.308. The topological polar surface area (TPSA) is 92.6 Å². The number of aliphatic imine (C=N–C) groups is 1. The van der Waals surface area contributed by atoms with Crippen molar-refractivity contribution in [3.05, 3.63) is 70.1 Å². The minimum absolute atomic E-state index is 0. The number of rotatable bonds is 8. The monoisotopic (exact) mass is 532 g/mol. The Morgan fingerprint density at radius 3 is 2.38 bits per heavy atom. The van der Waals surface area contributed by atoms with Crippen LogP contribution in [0.1, 0.15) is 24.5 Å². The summed E-state index contributed by atoms with van der Waals surface area (Å²) < 4.78 is 24.2. The van der Waals surface area contributed by atoms with Crippen molar-refractivity contribution in [3.8, 4) is 0 Å². The third-order valence-corrected chi connectivity index (χ3v) is 5.24. The predicted molar refractivity (Wildman–Crippen MR) is 129 cm³/mol. The van der Waals surface area contributed by atoms with Gasteiger partial charge in [0.1, 0.15) is 9.84 Å². The first-order chi connectivity index (χ1) is 13.3. The summed E-state index contributed by atoms with van der Waals surface area (Å²) in [5.74, 6) is 0.769. The maximum Gasteiger partial charge on any atom is 0.250 e. The maximum atomic E-state index is 11.8. The van der Waals surface area contributed by atoms with E-state index in [1.165, 1.54) is 6.26 Å². The summed E-state index contributed by atoms with van der Waals surface area (Å²) in [5.41, 5.74) is 2.11. The fourth-order valence-electron chi connectivity index (χ4n) is 2.63. The van der Waals surface area contributed by atoms with E-state index >= 15 is 0 Å². The summed E-state index contributed by atoms with van der Waals surface area (Å²) in [5, 5.41) is 6.42. The molecule has 1 aromatic heterocycles. The third kappa shape index (κ3) is 9.44. The first-order valence-corrected chi connectivity index (χ1v) is 11.2. The highest BCUT2D eigenvalue weighted by molar-refractivity contribution is 14.0. The van der Waals surface area contributed by atoms with Crippen LogP contribution in [0.5, 0.6) is 0 Å². The molecule has 2 N–H and O–H groups in total. The number of halogens is 1. The molecule has 1 atom stereocenters. The van der Waals surface area contributed by atoms with Gasteiger partial charge in [-0.15, -0.1) is 24.0 Å². The molecule has 9 heteroatoms. The highest BCUT2D eigenvalue weighted by Crippen LogP contribution is 2.06. The van der Waals surface area contributed by atoms with Crippen molar-refractivity contribution in [1.29, 1.82) is 0 Å². The molecule has 7 nitrogen and oxygen atoms in total. The van der Waals surface area contributed by atoms with Crippen LogP contribution in [0.15, 0.2) is 58.4 Å². The lowest BCUT2D eigenvalue weighted by molar-refractivity contribution is 0.581. The zero-order valence-electron chi connectivity index (χ0n) is 17.0. The molecule has 0 saturated carbocycles. The molecule has 160 valence electrons. The second-order valence-corrected chi connectivity index (χ2v) is 9.13. The fraction of sp³-hybridized carbons (Fsp3) is 0.400. The lowest BCUT2D eigenvalue weighted by atomic mass is 10.1. The first kappa shape index (κ1) is 25.2. The van der Waals surface area contributed by atoms with E-state index in [0.717, 1.165) is 11.1 Å². The van der Waals surface area contributed by atoms with Gasteiger partial charge in [0.05, 0.1) is 12.3 Å². The number of benzene rings is 1. The molecule has 0 aliphatic carbocycles. The van der Waals surface area contributed by atoms with E-state index in [1.807, 2.05) is 37.3 Å². The Hall–Kier alpha value is -1.88. The third-order valence-electron chi connectivity index (χ3n) is 4.26. The number of aromatic nitrogens is 1. The Morgan fingerprint density at radius 2 is 1.79 bits per heavy atom. The predicted octanol–water partition coefficient (Wildman–Crippen LogP) is 2.00. The van der Waals surface area contributed by atoms with Gasteiger partial charge < -0.3 is 15.2 Å². The molecule has 1 unspecified atom stereocenters. The molecule has 0 amide bonds. The zero-order valence-corrected chi connectivity index (χ0v) is 20.1. The van der Waals surface area contributed by atoms with Gasteiger partial charge in [-0.1, -0.05) is 30.3 Å². The molecule has 0 fully saturated rings. The molecule has 2 aromatic rings. The summed E-state index contributed by atoms with van der Waals surface area (Å²) in [7, 11) is -1.29. The van der Waals surface area contributed by atoms with E-state index < -0.39 is 9.84 Å². The van der Waals surface area contributed by atoms with Crippen LogP contribution >= 0.6 is 24.0 Å². The van der Waals surface area contributed by atoms with Crippen molar-refractivity contribution in [3.63, 3.8) is 0 Å². The largest absolute Gasteiger partial charge is 0.354 e. The summed E-state index contributed by atoms with van der Waals surface area (Å²) in [6.07, 6.45) is 3.54. The molecule has 1 heterocycles. The van der Waals surface area contributed by atoms with Gasteiger partial charge in [0.2, 0.25) is 0 Å². The molecule has 29 heavy (non-hydrogen) atoms. The highest BCUT2D eigenvalue weighted by atomic mass is 127. The Kier molecular flexibility index (Phi) is 10.4. The second kappa shape index (κ2) is 12.0. The van der Waals surface area contributed by atoms with Crippen molar-refractivity contribution >= 4 is 39.8 Å². The summed E-state index contributed by atoms with van der Waals surface area (Å²) >= 11 is 0. The average molecular weight is 532 g/mol. The molecular weight excluding hydrogens is 503 g/mol. The summed E-state index contributed by atoms with van der Waals surface area (Å²) in [6.45, 7) is 3.05. The van der Waals surface area contributed by atoms with Gasteiger partial charge in [-0.3, -0.25) is 9.79 Å². The van der Waals surface area contributed by atoms with Gasteiger partial charge in [-0.05, 0) is 30.5 Å². The van der Waals surface area contributed by atoms with Crippen LogP contribution in [0.25, 0.3) is 0 Å². The van der Waals surface area contributed by atoms with E-state index in [4.69, 9.17) is 0 Å². The molecule has 1 aromatic carbocycles. The molecule has 0 spiro atoms. The van der Waals surface area contributed by atoms with Crippen molar-refractivity contribution in [2.45, 2.75) is 32.5 Å². The number of nitrogens with one attached hydrogen (secondary N) is 2. The molecular formula is C20H29IN4O3S. The summed E-state index contributed by atoms with van der Waals surface area (Å²) in [4.78, 5) is 16.0. The molecule has 2 rings (SSSR count). The van der Waals surface area contributed by atoms with E-state index in [9.17, 15) is 13.2 Å². The SMILES string of the molecule is CN=C(NCc1ccc(Cn2ccccc2=O)cc1)NC(C)CCS(C)(=O)=O.I. The Morgan fingerprint density at radius 1 is 1.14 bits per heavy atom. The maximum absolute atomic E-state index is 11.8. The molecule has 0 bridgehead atoms. The fourth-order valence-corrected chi connectivity index (χ4v) is 3.41. The zero-order chi connectivity index (χ0) is 20.6. The van der Waals surface area contributed by atoms with Crippen LogP contribution in [0.4, 0.5) is 0 Å². The van der Waals surface area contributed by atoms with Gasteiger partial charge in [-0.2, -0.15) is 0 Å². The minimum atomic E-state index is -2.97.